The summed E-state index contributed by atoms with van der Waals surface area (Å²) in [5.74, 6) is -1.14. The van der Waals surface area contributed by atoms with Gasteiger partial charge in [0.2, 0.25) is 0 Å². The number of hydrogen-bond donors (Lipinski definition) is 1. The summed E-state index contributed by atoms with van der Waals surface area (Å²) in [5.41, 5.74) is 0.827. The van der Waals surface area contributed by atoms with Crippen LogP contribution in [0.15, 0.2) is 36.4 Å². The molecule has 0 bridgehead atoms. The minimum Gasteiger partial charge on any atom is -0.451 e. The predicted molar refractivity (Wildman–Crippen MR) is 87.9 cm³/mol. The van der Waals surface area contributed by atoms with E-state index in [1.165, 1.54) is 23.5 Å². The monoisotopic (exact) mass is 335 g/mol. The molecule has 0 atom stereocenters. The van der Waals surface area contributed by atoms with E-state index in [0.717, 1.165) is 23.3 Å². The topological polar surface area (TPSA) is 55.4 Å². The summed E-state index contributed by atoms with van der Waals surface area (Å²) in [6.45, 7) is 2.33. The number of hydrogen-bond acceptors (Lipinski definition) is 4. The highest BCUT2D eigenvalue weighted by Crippen LogP contribution is 2.28. The SMILES string of the molecule is CCCCNC(=O)COC(=O)c1ccc(-c2ccc(F)cc2)s1. The van der Waals surface area contributed by atoms with Crippen molar-refractivity contribution in [2.24, 2.45) is 0 Å². The Morgan fingerprint density at radius 2 is 1.91 bits per heavy atom. The van der Waals surface area contributed by atoms with E-state index >= 15 is 0 Å². The van der Waals surface area contributed by atoms with Gasteiger partial charge in [0.1, 0.15) is 10.7 Å². The van der Waals surface area contributed by atoms with Gasteiger partial charge in [0, 0.05) is 11.4 Å². The summed E-state index contributed by atoms with van der Waals surface area (Å²) in [4.78, 5) is 24.7. The summed E-state index contributed by atoms with van der Waals surface area (Å²) < 4.78 is 17.9. The molecule has 1 aromatic heterocycles. The second-order valence-electron chi connectivity index (χ2n) is 4.95. The van der Waals surface area contributed by atoms with Gasteiger partial charge in [0.25, 0.3) is 5.91 Å². The lowest BCUT2D eigenvalue weighted by molar-refractivity contribution is -0.124. The lowest BCUT2D eigenvalue weighted by atomic mass is 10.2. The van der Waals surface area contributed by atoms with Crippen LogP contribution in [0.1, 0.15) is 29.4 Å². The number of rotatable bonds is 7. The first-order valence-electron chi connectivity index (χ1n) is 7.39. The molecule has 2 aromatic rings. The van der Waals surface area contributed by atoms with Crippen LogP contribution in [0.2, 0.25) is 0 Å². The van der Waals surface area contributed by atoms with Crippen LogP contribution >= 0.6 is 11.3 Å². The molecule has 0 saturated heterocycles. The summed E-state index contributed by atoms with van der Waals surface area (Å²) in [6, 6.07) is 9.45. The van der Waals surface area contributed by atoms with Crippen LogP contribution in [0, 0.1) is 5.82 Å². The van der Waals surface area contributed by atoms with Gasteiger partial charge in [-0.05, 0) is 36.2 Å². The van der Waals surface area contributed by atoms with Gasteiger partial charge < -0.3 is 10.1 Å². The predicted octanol–water partition coefficient (Wildman–Crippen LogP) is 3.63. The second-order valence-corrected chi connectivity index (χ2v) is 6.03. The molecule has 0 spiro atoms. The number of nitrogens with one attached hydrogen (secondary N) is 1. The molecule has 0 saturated carbocycles. The molecule has 1 aromatic carbocycles. The molecule has 0 aliphatic carbocycles. The van der Waals surface area contributed by atoms with E-state index in [2.05, 4.69) is 5.32 Å². The van der Waals surface area contributed by atoms with E-state index in [-0.39, 0.29) is 18.3 Å². The van der Waals surface area contributed by atoms with E-state index in [1.54, 1.807) is 24.3 Å². The average Bonchev–Trinajstić information content (AvgIpc) is 3.03. The van der Waals surface area contributed by atoms with Crippen molar-refractivity contribution >= 4 is 23.2 Å². The fraction of sp³-hybridized carbons (Fsp3) is 0.294. The average molecular weight is 335 g/mol. The van der Waals surface area contributed by atoms with Gasteiger partial charge in [0.15, 0.2) is 6.61 Å². The Balaban J connectivity index is 1.88. The van der Waals surface area contributed by atoms with Crippen LogP contribution in [0.4, 0.5) is 4.39 Å². The molecular formula is C17H18FNO3S. The second kappa shape index (κ2) is 8.43. The van der Waals surface area contributed by atoms with Crippen molar-refractivity contribution < 1.29 is 18.7 Å². The maximum Gasteiger partial charge on any atom is 0.348 e. The third kappa shape index (κ3) is 5.17. The van der Waals surface area contributed by atoms with E-state index in [9.17, 15) is 14.0 Å². The van der Waals surface area contributed by atoms with Crippen LogP contribution in [-0.2, 0) is 9.53 Å². The Kier molecular flexibility index (Phi) is 6.29. The van der Waals surface area contributed by atoms with Crippen molar-refractivity contribution in [1.29, 1.82) is 0 Å². The zero-order chi connectivity index (χ0) is 16.7. The number of unbranched alkanes of at least 4 members (excludes halogenated alkanes) is 1. The molecule has 23 heavy (non-hydrogen) atoms. The number of halogens is 1. The third-order valence-corrected chi connectivity index (χ3v) is 4.24. The van der Waals surface area contributed by atoms with Crippen LogP contribution in [0.25, 0.3) is 10.4 Å². The van der Waals surface area contributed by atoms with Gasteiger partial charge in [-0.15, -0.1) is 11.3 Å². The molecule has 0 unspecified atom stereocenters. The van der Waals surface area contributed by atoms with E-state index < -0.39 is 5.97 Å². The highest BCUT2D eigenvalue weighted by Gasteiger charge is 2.13. The van der Waals surface area contributed by atoms with E-state index in [0.29, 0.717) is 11.4 Å². The summed E-state index contributed by atoms with van der Waals surface area (Å²) >= 11 is 1.24. The normalized spacial score (nSPS) is 10.3. The third-order valence-electron chi connectivity index (χ3n) is 3.12. The fourth-order valence-electron chi connectivity index (χ4n) is 1.87. The first-order chi connectivity index (χ1) is 11.1. The number of esters is 1. The maximum absolute atomic E-state index is 12.9. The van der Waals surface area contributed by atoms with Gasteiger partial charge in [-0.2, -0.15) is 0 Å². The molecule has 0 aliphatic rings. The fourth-order valence-corrected chi connectivity index (χ4v) is 2.78. The first kappa shape index (κ1) is 17.1. The van der Waals surface area contributed by atoms with Crippen molar-refractivity contribution in [3.05, 3.63) is 47.1 Å². The zero-order valence-electron chi connectivity index (χ0n) is 12.8. The standard InChI is InChI=1S/C17H18FNO3S/c1-2-3-10-19-16(20)11-22-17(21)15-9-8-14(23-15)12-4-6-13(18)7-5-12/h4-9H,2-3,10-11H2,1H3,(H,19,20). The number of amides is 1. The summed E-state index contributed by atoms with van der Waals surface area (Å²) in [7, 11) is 0. The summed E-state index contributed by atoms with van der Waals surface area (Å²) in [6.07, 6.45) is 1.88. The van der Waals surface area contributed by atoms with Gasteiger partial charge in [-0.1, -0.05) is 25.5 Å². The minimum atomic E-state index is -0.533. The Hall–Kier alpha value is -2.21. The minimum absolute atomic E-state index is 0.285. The molecule has 6 heteroatoms. The Morgan fingerprint density at radius 1 is 1.17 bits per heavy atom. The Bertz CT molecular complexity index is 667. The van der Waals surface area contributed by atoms with Crippen LogP contribution in [-0.4, -0.2) is 25.0 Å². The van der Waals surface area contributed by atoms with E-state index in [4.69, 9.17) is 4.74 Å². The van der Waals surface area contributed by atoms with Gasteiger partial charge in [-0.3, -0.25) is 4.79 Å². The summed E-state index contributed by atoms with van der Waals surface area (Å²) in [5, 5.41) is 2.68. The molecule has 1 heterocycles. The van der Waals surface area contributed by atoms with Crippen molar-refractivity contribution in [3.63, 3.8) is 0 Å². The molecule has 1 amide bonds. The van der Waals surface area contributed by atoms with Gasteiger partial charge in [-0.25, -0.2) is 9.18 Å². The van der Waals surface area contributed by atoms with Crippen LogP contribution in [0.5, 0.6) is 0 Å². The highest BCUT2D eigenvalue weighted by atomic mass is 32.1. The van der Waals surface area contributed by atoms with Gasteiger partial charge in [0.05, 0.1) is 0 Å². The van der Waals surface area contributed by atoms with E-state index in [1.807, 2.05) is 6.92 Å². The first-order valence-corrected chi connectivity index (χ1v) is 8.21. The molecule has 0 fully saturated rings. The lowest BCUT2D eigenvalue weighted by Crippen LogP contribution is -2.29. The molecule has 4 nitrogen and oxygen atoms in total. The molecule has 0 aliphatic heterocycles. The lowest BCUT2D eigenvalue weighted by Gasteiger charge is -2.04. The number of ether oxygens (including phenoxy) is 1. The van der Waals surface area contributed by atoms with Crippen molar-refractivity contribution in [3.8, 4) is 10.4 Å². The van der Waals surface area contributed by atoms with Gasteiger partial charge >= 0.3 is 5.97 Å². The smallest absolute Gasteiger partial charge is 0.348 e. The van der Waals surface area contributed by atoms with Crippen molar-refractivity contribution in [2.45, 2.75) is 19.8 Å². The molecule has 122 valence electrons. The van der Waals surface area contributed by atoms with Crippen LogP contribution in [0.3, 0.4) is 0 Å². The van der Waals surface area contributed by atoms with Crippen molar-refractivity contribution in [1.82, 2.24) is 5.32 Å². The Morgan fingerprint density at radius 3 is 2.61 bits per heavy atom. The number of thiophene rings is 1. The molecule has 0 radical (unpaired) electrons. The quantitative estimate of drug-likeness (QED) is 0.621. The zero-order valence-corrected chi connectivity index (χ0v) is 13.6. The molecule has 1 N–H and O–H groups in total. The maximum atomic E-state index is 12.9. The number of benzene rings is 1. The van der Waals surface area contributed by atoms with Crippen LogP contribution < -0.4 is 5.32 Å². The largest absolute Gasteiger partial charge is 0.451 e. The number of carbonyl (C=O) groups is 2. The number of carbonyl (C=O) groups excluding carboxylic acids is 2. The Labute approximate surface area is 138 Å². The molecular weight excluding hydrogens is 317 g/mol. The molecule has 2 rings (SSSR count). The highest BCUT2D eigenvalue weighted by molar-refractivity contribution is 7.17. The van der Waals surface area contributed by atoms with Crippen molar-refractivity contribution in [2.75, 3.05) is 13.2 Å².